The van der Waals surface area contributed by atoms with Crippen molar-refractivity contribution in [2.75, 3.05) is 0 Å². The molecule has 136 valence electrons. The van der Waals surface area contributed by atoms with E-state index in [0.717, 1.165) is 0 Å². The maximum Gasteiger partial charge on any atom is -0.0105 e. The Bertz CT molecular complexity index is 1050. The van der Waals surface area contributed by atoms with Gasteiger partial charge in [-0.15, -0.1) is 0 Å². The van der Waals surface area contributed by atoms with Crippen molar-refractivity contribution in [2.45, 2.75) is 13.8 Å². The van der Waals surface area contributed by atoms with Crippen LogP contribution in [0.15, 0.2) is 84.9 Å². The van der Waals surface area contributed by atoms with Crippen LogP contribution < -0.4 is 0 Å². The van der Waals surface area contributed by atoms with Crippen molar-refractivity contribution in [3.8, 4) is 0 Å². The summed E-state index contributed by atoms with van der Waals surface area (Å²) < 4.78 is 0. The largest absolute Gasteiger partial charge is 0.0616 e. The summed E-state index contributed by atoms with van der Waals surface area (Å²) in [7, 11) is 0. The van der Waals surface area contributed by atoms with E-state index in [1.54, 1.807) is 0 Å². The van der Waals surface area contributed by atoms with Crippen molar-refractivity contribution in [1.29, 1.82) is 0 Å². The van der Waals surface area contributed by atoms with Crippen LogP contribution in [-0.4, -0.2) is 0 Å². The Morgan fingerprint density at radius 3 is 1.21 bits per heavy atom. The Labute approximate surface area is 167 Å². The summed E-state index contributed by atoms with van der Waals surface area (Å²) in [5.41, 5.74) is 7.49. The summed E-state index contributed by atoms with van der Waals surface area (Å²) in [6.45, 7) is 4.23. The smallest absolute Gasteiger partial charge is 0.0105 e. The molecule has 0 heteroatoms. The molecule has 0 bridgehead atoms. The van der Waals surface area contributed by atoms with Gasteiger partial charge in [0.1, 0.15) is 0 Å². The van der Waals surface area contributed by atoms with Gasteiger partial charge in [-0.1, -0.05) is 120 Å². The Morgan fingerprint density at radius 2 is 0.821 bits per heavy atom. The van der Waals surface area contributed by atoms with Crippen molar-refractivity contribution in [3.63, 3.8) is 0 Å². The third kappa shape index (κ3) is 4.13. The Morgan fingerprint density at radius 1 is 0.429 bits per heavy atom. The zero-order valence-electron chi connectivity index (χ0n) is 16.4. The first-order valence-corrected chi connectivity index (χ1v) is 9.70. The van der Waals surface area contributed by atoms with E-state index in [0.29, 0.717) is 0 Å². The Hall–Kier alpha value is -3.38. The van der Waals surface area contributed by atoms with Crippen LogP contribution in [0.3, 0.4) is 0 Å². The molecule has 0 saturated carbocycles. The van der Waals surface area contributed by atoms with Gasteiger partial charge in [0.2, 0.25) is 0 Å². The number of hydrogen-bond donors (Lipinski definition) is 0. The van der Waals surface area contributed by atoms with Gasteiger partial charge in [0, 0.05) is 0 Å². The van der Waals surface area contributed by atoms with Gasteiger partial charge < -0.3 is 0 Å². The third-order valence-electron chi connectivity index (χ3n) is 5.06. The molecule has 0 spiro atoms. The second-order valence-corrected chi connectivity index (χ2v) is 7.28. The van der Waals surface area contributed by atoms with E-state index in [4.69, 9.17) is 0 Å². The molecule has 0 aliphatic heterocycles. The molecule has 0 heterocycles. The predicted molar refractivity (Wildman–Crippen MR) is 124 cm³/mol. The average molecular weight is 361 g/mol. The van der Waals surface area contributed by atoms with Crippen LogP contribution in [0, 0.1) is 13.8 Å². The average Bonchev–Trinajstić information content (AvgIpc) is 2.73. The normalized spacial score (nSPS) is 11.6. The van der Waals surface area contributed by atoms with E-state index in [1.807, 2.05) is 0 Å². The van der Waals surface area contributed by atoms with E-state index in [1.165, 1.54) is 44.2 Å². The van der Waals surface area contributed by atoms with E-state index in [9.17, 15) is 0 Å². The number of aryl methyl sites for hydroxylation is 2. The van der Waals surface area contributed by atoms with Crippen LogP contribution in [0.1, 0.15) is 33.4 Å². The fourth-order valence-electron chi connectivity index (χ4n) is 3.36. The van der Waals surface area contributed by atoms with Crippen molar-refractivity contribution in [1.82, 2.24) is 0 Å². The van der Waals surface area contributed by atoms with Gasteiger partial charge in [-0.05, 0) is 46.9 Å². The molecule has 4 aromatic carbocycles. The van der Waals surface area contributed by atoms with Crippen molar-refractivity contribution in [2.24, 2.45) is 0 Å². The number of benzene rings is 4. The molecule has 0 amide bonds. The molecular weight excluding hydrogens is 336 g/mol. The standard InChI is InChI=1S/C28H24/c1-21-7-11-23(12-8-21)15-17-25-19-20-26(28-6-4-3-5-27(25)28)18-16-24-13-9-22(2)10-14-24/h3-20H,1-2H3. The van der Waals surface area contributed by atoms with Gasteiger partial charge in [0.15, 0.2) is 0 Å². The van der Waals surface area contributed by atoms with E-state index >= 15 is 0 Å². The minimum atomic E-state index is 1.22. The third-order valence-corrected chi connectivity index (χ3v) is 5.06. The molecule has 0 saturated heterocycles. The second kappa shape index (κ2) is 8.10. The molecule has 0 fully saturated rings. The molecular formula is C28H24. The quantitative estimate of drug-likeness (QED) is 0.326. The lowest BCUT2D eigenvalue weighted by molar-refractivity contribution is 1.46. The molecule has 4 rings (SSSR count). The van der Waals surface area contributed by atoms with Gasteiger partial charge in [-0.2, -0.15) is 0 Å². The lowest BCUT2D eigenvalue weighted by Gasteiger charge is -2.07. The first-order chi connectivity index (χ1) is 13.7. The van der Waals surface area contributed by atoms with Gasteiger partial charge in [-0.3, -0.25) is 0 Å². The zero-order valence-corrected chi connectivity index (χ0v) is 16.4. The predicted octanol–water partition coefficient (Wildman–Crippen LogP) is 7.80. The number of fused-ring (bicyclic) bond motifs is 1. The lowest BCUT2D eigenvalue weighted by atomic mass is 9.98. The molecule has 0 N–H and O–H groups in total. The Balaban J connectivity index is 1.68. The van der Waals surface area contributed by atoms with Crippen LogP contribution in [0.2, 0.25) is 0 Å². The summed E-state index contributed by atoms with van der Waals surface area (Å²) in [6, 6.07) is 30.3. The van der Waals surface area contributed by atoms with Crippen LogP contribution >= 0.6 is 0 Å². The van der Waals surface area contributed by atoms with Gasteiger partial charge in [0.25, 0.3) is 0 Å². The second-order valence-electron chi connectivity index (χ2n) is 7.28. The summed E-state index contributed by atoms with van der Waals surface area (Å²) >= 11 is 0. The minimum absolute atomic E-state index is 1.22. The summed E-state index contributed by atoms with van der Waals surface area (Å²) in [4.78, 5) is 0. The highest BCUT2D eigenvalue weighted by molar-refractivity contribution is 5.99. The van der Waals surface area contributed by atoms with Crippen LogP contribution in [-0.2, 0) is 0 Å². The van der Waals surface area contributed by atoms with Crippen LogP contribution in [0.4, 0.5) is 0 Å². The van der Waals surface area contributed by atoms with Crippen molar-refractivity contribution >= 4 is 35.1 Å². The molecule has 4 aromatic rings. The van der Waals surface area contributed by atoms with Crippen LogP contribution in [0.5, 0.6) is 0 Å². The minimum Gasteiger partial charge on any atom is -0.0616 e. The summed E-state index contributed by atoms with van der Waals surface area (Å²) in [6.07, 6.45) is 8.78. The van der Waals surface area contributed by atoms with Crippen molar-refractivity contribution < 1.29 is 0 Å². The highest BCUT2D eigenvalue weighted by atomic mass is 14.1. The molecule has 0 nitrogen and oxygen atoms in total. The monoisotopic (exact) mass is 360 g/mol. The molecule has 0 unspecified atom stereocenters. The molecule has 0 aromatic heterocycles. The SMILES string of the molecule is Cc1ccc(C=Cc2ccc(C=Cc3ccc(C)cc3)c3ccccc23)cc1. The summed E-state index contributed by atoms with van der Waals surface area (Å²) in [5, 5.41) is 2.55. The number of rotatable bonds is 4. The zero-order chi connectivity index (χ0) is 19.3. The highest BCUT2D eigenvalue weighted by Gasteiger charge is 2.02. The Kier molecular flexibility index (Phi) is 5.21. The molecule has 0 radical (unpaired) electrons. The van der Waals surface area contributed by atoms with Gasteiger partial charge in [-0.25, -0.2) is 0 Å². The van der Waals surface area contributed by atoms with Gasteiger partial charge in [0.05, 0.1) is 0 Å². The fourth-order valence-corrected chi connectivity index (χ4v) is 3.36. The van der Waals surface area contributed by atoms with E-state index in [-0.39, 0.29) is 0 Å². The highest BCUT2D eigenvalue weighted by Crippen LogP contribution is 2.26. The topological polar surface area (TPSA) is 0 Å². The fraction of sp³-hybridized carbons (Fsp3) is 0.0714. The molecule has 0 atom stereocenters. The van der Waals surface area contributed by atoms with Crippen molar-refractivity contribution in [3.05, 3.63) is 118 Å². The number of hydrogen-bond acceptors (Lipinski definition) is 0. The van der Waals surface area contributed by atoms with Crippen LogP contribution in [0.25, 0.3) is 35.1 Å². The first kappa shape index (κ1) is 18.0. The molecule has 0 aliphatic rings. The van der Waals surface area contributed by atoms with E-state index in [2.05, 4.69) is 123 Å². The maximum atomic E-state index is 2.21. The summed E-state index contributed by atoms with van der Waals surface area (Å²) in [5.74, 6) is 0. The lowest BCUT2D eigenvalue weighted by Crippen LogP contribution is -1.83. The molecule has 28 heavy (non-hydrogen) atoms. The maximum absolute atomic E-state index is 2.21. The van der Waals surface area contributed by atoms with E-state index < -0.39 is 0 Å². The molecule has 0 aliphatic carbocycles. The first-order valence-electron chi connectivity index (χ1n) is 9.70. The van der Waals surface area contributed by atoms with Gasteiger partial charge >= 0.3 is 0 Å².